The molecule has 0 fully saturated rings. The van der Waals surface area contributed by atoms with Crippen LogP contribution in [0.5, 0.6) is 11.5 Å². The average molecular weight is 358 g/mol. The lowest BCUT2D eigenvalue weighted by Gasteiger charge is -2.06. The molecule has 0 saturated carbocycles. The Morgan fingerprint density at radius 2 is 1.56 bits per heavy atom. The first-order chi connectivity index (χ1) is 13.2. The van der Waals surface area contributed by atoms with Gasteiger partial charge in [0.25, 0.3) is 0 Å². The molecule has 0 saturated heterocycles. The van der Waals surface area contributed by atoms with Gasteiger partial charge >= 0.3 is 0 Å². The number of methoxy groups -OCH3 is 1. The standard InChI is InChI=1S/C24H22O3/c1-17-22-15-21(26-16-19-6-4-3-5-7-19)12-13-23(22)27-24(17)14-18-8-10-20(25-2)11-9-18/h3-13,15H,14,16H2,1-2H3. The van der Waals surface area contributed by atoms with Gasteiger partial charge in [0, 0.05) is 11.8 Å². The van der Waals surface area contributed by atoms with Crippen molar-refractivity contribution in [2.75, 3.05) is 7.11 Å². The molecule has 1 aromatic heterocycles. The van der Waals surface area contributed by atoms with E-state index in [4.69, 9.17) is 13.9 Å². The van der Waals surface area contributed by atoms with E-state index in [9.17, 15) is 0 Å². The Labute approximate surface area is 159 Å². The lowest BCUT2D eigenvalue weighted by atomic mass is 10.1. The Morgan fingerprint density at radius 1 is 0.815 bits per heavy atom. The predicted octanol–water partition coefficient (Wildman–Crippen LogP) is 5.92. The molecule has 0 unspecified atom stereocenters. The Kier molecular flexibility index (Phi) is 4.84. The lowest BCUT2D eigenvalue weighted by molar-refractivity contribution is 0.306. The maximum Gasteiger partial charge on any atom is 0.134 e. The molecule has 4 aromatic rings. The van der Waals surface area contributed by atoms with E-state index >= 15 is 0 Å². The van der Waals surface area contributed by atoms with E-state index in [-0.39, 0.29) is 0 Å². The molecule has 0 radical (unpaired) electrons. The van der Waals surface area contributed by atoms with E-state index in [1.54, 1.807) is 7.11 Å². The quantitative estimate of drug-likeness (QED) is 0.429. The highest BCUT2D eigenvalue weighted by molar-refractivity contribution is 5.83. The van der Waals surface area contributed by atoms with Crippen LogP contribution in [0.4, 0.5) is 0 Å². The summed E-state index contributed by atoms with van der Waals surface area (Å²) in [6, 6.07) is 24.3. The number of hydrogen-bond acceptors (Lipinski definition) is 3. The molecule has 0 amide bonds. The molecule has 0 N–H and O–H groups in total. The van der Waals surface area contributed by atoms with Gasteiger partial charge in [0.05, 0.1) is 7.11 Å². The fraction of sp³-hybridized carbons (Fsp3) is 0.167. The number of rotatable bonds is 6. The summed E-state index contributed by atoms with van der Waals surface area (Å²) >= 11 is 0. The van der Waals surface area contributed by atoms with Gasteiger partial charge in [-0.15, -0.1) is 0 Å². The summed E-state index contributed by atoms with van der Waals surface area (Å²) < 4.78 is 17.3. The van der Waals surface area contributed by atoms with Gasteiger partial charge in [0.2, 0.25) is 0 Å². The fourth-order valence-electron chi connectivity index (χ4n) is 3.18. The molecule has 1 heterocycles. The maximum absolute atomic E-state index is 6.09. The predicted molar refractivity (Wildman–Crippen MR) is 108 cm³/mol. The van der Waals surface area contributed by atoms with E-state index < -0.39 is 0 Å². The largest absolute Gasteiger partial charge is 0.497 e. The zero-order valence-corrected chi connectivity index (χ0v) is 15.6. The molecule has 4 rings (SSSR count). The molecule has 136 valence electrons. The zero-order chi connectivity index (χ0) is 18.6. The molecule has 3 aromatic carbocycles. The zero-order valence-electron chi connectivity index (χ0n) is 15.6. The van der Waals surface area contributed by atoms with Gasteiger partial charge < -0.3 is 13.9 Å². The molecule has 27 heavy (non-hydrogen) atoms. The summed E-state index contributed by atoms with van der Waals surface area (Å²) in [5.74, 6) is 2.70. The summed E-state index contributed by atoms with van der Waals surface area (Å²) in [5.41, 5.74) is 4.40. The fourth-order valence-corrected chi connectivity index (χ4v) is 3.18. The Bertz CT molecular complexity index is 1030. The average Bonchev–Trinajstić information content (AvgIpc) is 3.03. The van der Waals surface area contributed by atoms with E-state index in [1.165, 1.54) is 5.56 Å². The second-order valence-corrected chi connectivity index (χ2v) is 6.61. The number of hydrogen-bond donors (Lipinski definition) is 0. The summed E-state index contributed by atoms with van der Waals surface area (Å²) in [6.07, 6.45) is 0.755. The van der Waals surface area contributed by atoms with Crippen molar-refractivity contribution in [3.63, 3.8) is 0 Å². The molecule has 0 aliphatic rings. The lowest BCUT2D eigenvalue weighted by Crippen LogP contribution is -1.94. The third kappa shape index (κ3) is 3.82. The van der Waals surface area contributed by atoms with Crippen LogP contribution in [-0.4, -0.2) is 7.11 Å². The van der Waals surface area contributed by atoms with Crippen LogP contribution >= 0.6 is 0 Å². The highest BCUT2D eigenvalue weighted by Crippen LogP contribution is 2.30. The monoisotopic (exact) mass is 358 g/mol. The minimum atomic E-state index is 0.557. The minimum Gasteiger partial charge on any atom is -0.497 e. The third-order valence-corrected chi connectivity index (χ3v) is 4.78. The SMILES string of the molecule is COc1ccc(Cc2oc3ccc(OCc4ccccc4)cc3c2C)cc1. The molecule has 0 aliphatic carbocycles. The smallest absolute Gasteiger partial charge is 0.134 e. The van der Waals surface area contributed by atoms with Crippen LogP contribution in [0.3, 0.4) is 0 Å². The summed E-state index contributed by atoms with van der Waals surface area (Å²) in [4.78, 5) is 0. The van der Waals surface area contributed by atoms with Gasteiger partial charge in [-0.1, -0.05) is 42.5 Å². The normalized spacial score (nSPS) is 10.9. The van der Waals surface area contributed by atoms with Crippen LogP contribution in [0.15, 0.2) is 77.2 Å². The van der Waals surface area contributed by atoms with Gasteiger partial charge in [-0.2, -0.15) is 0 Å². The topological polar surface area (TPSA) is 31.6 Å². The second-order valence-electron chi connectivity index (χ2n) is 6.61. The first-order valence-corrected chi connectivity index (χ1v) is 9.04. The summed E-state index contributed by atoms with van der Waals surface area (Å²) in [6.45, 7) is 2.66. The van der Waals surface area contributed by atoms with Crippen molar-refractivity contribution < 1.29 is 13.9 Å². The highest BCUT2D eigenvalue weighted by Gasteiger charge is 2.12. The number of benzene rings is 3. The van der Waals surface area contributed by atoms with Crippen LogP contribution < -0.4 is 9.47 Å². The molecular weight excluding hydrogens is 336 g/mol. The van der Waals surface area contributed by atoms with Crippen LogP contribution in [0.25, 0.3) is 11.0 Å². The van der Waals surface area contributed by atoms with Crippen LogP contribution in [0.1, 0.15) is 22.5 Å². The first-order valence-electron chi connectivity index (χ1n) is 9.04. The molecular formula is C24H22O3. The molecule has 0 aliphatic heterocycles. The van der Waals surface area contributed by atoms with Crippen LogP contribution in [-0.2, 0) is 13.0 Å². The van der Waals surface area contributed by atoms with Crippen molar-refractivity contribution in [1.82, 2.24) is 0 Å². The van der Waals surface area contributed by atoms with Crippen LogP contribution in [0.2, 0.25) is 0 Å². The van der Waals surface area contributed by atoms with E-state index in [0.717, 1.165) is 45.8 Å². The molecule has 3 heteroatoms. The minimum absolute atomic E-state index is 0.557. The van der Waals surface area contributed by atoms with Gasteiger partial charge in [-0.25, -0.2) is 0 Å². The van der Waals surface area contributed by atoms with E-state index in [0.29, 0.717) is 6.61 Å². The maximum atomic E-state index is 6.09. The highest BCUT2D eigenvalue weighted by atomic mass is 16.5. The number of aryl methyl sites for hydroxylation is 1. The first kappa shape index (κ1) is 17.2. The van der Waals surface area contributed by atoms with Crippen molar-refractivity contribution in [3.8, 4) is 11.5 Å². The van der Waals surface area contributed by atoms with Crippen molar-refractivity contribution in [1.29, 1.82) is 0 Å². The van der Waals surface area contributed by atoms with Crippen molar-refractivity contribution in [2.45, 2.75) is 20.0 Å². The van der Waals surface area contributed by atoms with E-state index in [1.807, 2.05) is 42.5 Å². The van der Waals surface area contributed by atoms with Crippen molar-refractivity contribution in [2.24, 2.45) is 0 Å². The van der Waals surface area contributed by atoms with Crippen molar-refractivity contribution >= 4 is 11.0 Å². The summed E-state index contributed by atoms with van der Waals surface area (Å²) in [7, 11) is 1.68. The Balaban J connectivity index is 1.54. The molecule has 0 bridgehead atoms. The Hall–Kier alpha value is -3.20. The van der Waals surface area contributed by atoms with Gasteiger partial charge in [0.1, 0.15) is 29.4 Å². The number of ether oxygens (including phenoxy) is 2. The summed E-state index contributed by atoms with van der Waals surface area (Å²) in [5, 5.41) is 1.10. The van der Waals surface area contributed by atoms with Gasteiger partial charge in [-0.3, -0.25) is 0 Å². The second kappa shape index (κ2) is 7.58. The Morgan fingerprint density at radius 3 is 2.30 bits per heavy atom. The van der Waals surface area contributed by atoms with Gasteiger partial charge in [-0.05, 0) is 53.9 Å². The molecule has 0 spiro atoms. The van der Waals surface area contributed by atoms with Gasteiger partial charge in [0.15, 0.2) is 0 Å². The molecule has 0 atom stereocenters. The molecule has 3 nitrogen and oxygen atoms in total. The third-order valence-electron chi connectivity index (χ3n) is 4.78. The van der Waals surface area contributed by atoms with Crippen molar-refractivity contribution in [3.05, 3.63) is 95.2 Å². The van der Waals surface area contributed by atoms with Crippen LogP contribution in [0, 0.1) is 6.92 Å². The number of furan rings is 1. The van der Waals surface area contributed by atoms with E-state index in [2.05, 4.69) is 37.3 Å². The number of fused-ring (bicyclic) bond motifs is 1.